The number of nitrogens with zero attached hydrogens (tertiary/aromatic N) is 4. The fraction of sp³-hybridized carbons (Fsp3) is 0.364. The molecule has 1 N–H and O–H groups in total. The lowest BCUT2D eigenvalue weighted by Gasteiger charge is -2.45. The summed E-state index contributed by atoms with van der Waals surface area (Å²) in [6.45, 7) is 1.82. The Kier molecular flexibility index (Phi) is 5.03. The van der Waals surface area contributed by atoms with Gasteiger partial charge in [-0.05, 0) is 5.56 Å². The van der Waals surface area contributed by atoms with Crippen molar-refractivity contribution >= 4 is 11.8 Å². The van der Waals surface area contributed by atoms with Crippen LogP contribution in [0.2, 0.25) is 0 Å². The van der Waals surface area contributed by atoms with Gasteiger partial charge in [0.25, 0.3) is 11.8 Å². The van der Waals surface area contributed by atoms with E-state index >= 15 is 0 Å². The Morgan fingerprint density at radius 1 is 1.13 bits per heavy atom. The van der Waals surface area contributed by atoms with Crippen molar-refractivity contribution in [2.24, 2.45) is 0 Å². The van der Waals surface area contributed by atoms with E-state index in [0.29, 0.717) is 39.0 Å². The van der Waals surface area contributed by atoms with E-state index in [1.54, 1.807) is 17.2 Å². The smallest absolute Gasteiger partial charge is 0.292 e. The average Bonchev–Trinajstić information content (AvgIpc) is 3.51. The highest BCUT2D eigenvalue weighted by molar-refractivity contribution is 5.91. The minimum absolute atomic E-state index is 0.150. The molecule has 3 aromatic rings. The van der Waals surface area contributed by atoms with Crippen molar-refractivity contribution in [3.63, 3.8) is 0 Å². The van der Waals surface area contributed by atoms with Crippen molar-refractivity contribution in [2.75, 3.05) is 13.1 Å². The van der Waals surface area contributed by atoms with Crippen LogP contribution in [0.1, 0.15) is 34.8 Å². The number of carbonyl (C=O) groups excluding carboxylic acids is 2. The molecule has 0 saturated carbocycles. The number of fused-ring (bicyclic) bond motifs is 2. The van der Waals surface area contributed by atoms with Gasteiger partial charge in [-0.15, -0.1) is 0 Å². The van der Waals surface area contributed by atoms with E-state index in [-0.39, 0.29) is 17.6 Å². The van der Waals surface area contributed by atoms with Gasteiger partial charge in [-0.2, -0.15) is 0 Å². The molecule has 160 valence electrons. The van der Waals surface area contributed by atoms with Crippen LogP contribution >= 0.6 is 0 Å². The van der Waals surface area contributed by atoms with E-state index in [1.807, 2.05) is 41.1 Å². The van der Waals surface area contributed by atoms with Gasteiger partial charge in [-0.3, -0.25) is 9.59 Å². The van der Waals surface area contributed by atoms with Gasteiger partial charge in [0.1, 0.15) is 11.4 Å². The van der Waals surface area contributed by atoms with Crippen LogP contribution in [-0.4, -0.2) is 50.6 Å². The topological polar surface area (TPSA) is 102 Å². The molecule has 2 aliphatic rings. The number of piperidine rings is 1. The molecular formula is C22H23N5O4. The Hall–Kier alpha value is -3.46. The third kappa shape index (κ3) is 3.72. The summed E-state index contributed by atoms with van der Waals surface area (Å²) in [5.41, 5.74) is 0.332. The van der Waals surface area contributed by atoms with Crippen molar-refractivity contribution in [1.82, 2.24) is 24.9 Å². The molecule has 9 heteroatoms. The number of imidazole rings is 1. The monoisotopic (exact) mass is 421 g/mol. The van der Waals surface area contributed by atoms with Crippen LogP contribution in [0.15, 0.2) is 59.5 Å². The molecule has 4 heterocycles. The zero-order chi connectivity index (χ0) is 21.3. The van der Waals surface area contributed by atoms with Crippen LogP contribution in [0.3, 0.4) is 0 Å². The number of amides is 2. The Balaban J connectivity index is 1.29. The van der Waals surface area contributed by atoms with E-state index in [2.05, 4.69) is 15.5 Å². The van der Waals surface area contributed by atoms with Gasteiger partial charge in [-0.25, -0.2) is 4.98 Å². The van der Waals surface area contributed by atoms with Crippen molar-refractivity contribution in [2.45, 2.75) is 37.6 Å². The predicted octanol–water partition coefficient (Wildman–Crippen LogP) is 1.72. The van der Waals surface area contributed by atoms with Crippen molar-refractivity contribution < 1.29 is 18.8 Å². The zero-order valence-electron chi connectivity index (χ0n) is 16.9. The first-order chi connectivity index (χ1) is 15.1. The van der Waals surface area contributed by atoms with Crippen LogP contribution in [0.5, 0.6) is 0 Å². The lowest BCUT2D eigenvalue weighted by atomic mass is 9.88. The standard InChI is InChI=1S/C22H23N5O4/c28-19(24-14-16-4-2-1-3-5-16)18-15-27-13-10-23-21(27)22(30-18)7-11-26(12-8-22)20(29)17-6-9-25-31-17/h1-6,9-10,13,18H,7-8,11-12,14-15H2,(H,24,28)/t18-/m1/s1. The normalized spacial score (nSPS) is 19.7. The molecule has 0 unspecified atom stereocenters. The second-order valence-electron chi connectivity index (χ2n) is 7.88. The highest BCUT2D eigenvalue weighted by atomic mass is 16.5. The second kappa shape index (κ2) is 7.99. The van der Waals surface area contributed by atoms with Gasteiger partial charge in [0, 0.05) is 50.9 Å². The summed E-state index contributed by atoms with van der Waals surface area (Å²) in [6.07, 6.45) is 5.54. The molecular weight excluding hydrogens is 398 g/mol. The fourth-order valence-electron chi connectivity index (χ4n) is 4.33. The maximum absolute atomic E-state index is 12.9. The van der Waals surface area contributed by atoms with E-state index in [1.165, 1.54) is 6.20 Å². The van der Waals surface area contributed by atoms with E-state index in [9.17, 15) is 9.59 Å². The van der Waals surface area contributed by atoms with Gasteiger partial charge in [0.2, 0.25) is 5.76 Å². The second-order valence-corrected chi connectivity index (χ2v) is 7.88. The molecule has 0 radical (unpaired) electrons. The Morgan fingerprint density at radius 3 is 2.68 bits per heavy atom. The fourth-order valence-corrected chi connectivity index (χ4v) is 4.33. The number of aromatic nitrogens is 3. The summed E-state index contributed by atoms with van der Waals surface area (Å²) < 4.78 is 13.4. The molecule has 1 aromatic carbocycles. The highest BCUT2D eigenvalue weighted by Crippen LogP contribution is 2.40. The number of ether oxygens (including phenoxy) is 1. The largest absolute Gasteiger partial charge is 0.352 e. The number of rotatable bonds is 4. The maximum Gasteiger partial charge on any atom is 0.292 e. The molecule has 5 rings (SSSR count). The van der Waals surface area contributed by atoms with Crippen LogP contribution in [0.25, 0.3) is 0 Å². The molecule has 0 bridgehead atoms. The number of hydrogen-bond acceptors (Lipinski definition) is 6. The average molecular weight is 421 g/mol. The third-order valence-electron chi connectivity index (χ3n) is 5.96. The van der Waals surface area contributed by atoms with Crippen LogP contribution in [0.4, 0.5) is 0 Å². The molecule has 2 amide bonds. The molecule has 9 nitrogen and oxygen atoms in total. The number of carbonyl (C=O) groups is 2. The molecule has 1 atom stereocenters. The first kappa shape index (κ1) is 19.5. The Bertz CT molecular complexity index is 1050. The van der Waals surface area contributed by atoms with Gasteiger partial charge in [0.15, 0.2) is 6.10 Å². The SMILES string of the molecule is O=C(NCc1ccccc1)[C@H]1Cn2ccnc2C2(CCN(C(=O)c3ccno3)CC2)O1. The van der Waals surface area contributed by atoms with E-state index in [4.69, 9.17) is 9.26 Å². The molecule has 2 aromatic heterocycles. The maximum atomic E-state index is 12.9. The number of benzene rings is 1. The quantitative estimate of drug-likeness (QED) is 0.688. The number of nitrogens with one attached hydrogen (secondary N) is 1. The lowest BCUT2D eigenvalue weighted by molar-refractivity contribution is -0.172. The van der Waals surface area contributed by atoms with Crippen molar-refractivity contribution in [3.05, 3.63) is 72.1 Å². The first-order valence-electron chi connectivity index (χ1n) is 10.4. The van der Waals surface area contributed by atoms with Crippen molar-refractivity contribution in [3.8, 4) is 0 Å². The molecule has 2 aliphatic heterocycles. The summed E-state index contributed by atoms with van der Waals surface area (Å²) in [4.78, 5) is 31.7. The molecule has 1 saturated heterocycles. The molecule has 1 fully saturated rings. The minimum Gasteiger partial charge on any atom is -0.352 e. The van der Waals surface area contributed by atoms with Gasteiger partial charge in [-0.1, -0.05) is 35.5 Å². The van der Waals surface area contributed by atoms with Gasteiger partial charge >= 0.3 is 0 Å². The molecule has 1 spiro atoms. The number of likely N-dealkylation sites (tertiary alicyclic amines) is 1. The van der Waals surface area contributed by atoms with Gasteiger partial charge < -0.3 is 24.0 Å². The summed E-state index contributed by atoms with van der Waals surface area (Å²) in [5.74, 6) is 0.693. The summed E-state index contributed by atoms with van der Waals surface area (Å²) in [5, 5.41) is 6.59. The van der Waals surface area contributed by atoms with Gasteiger partial charge in [0.05, 0.1) is 12.7 Å². The summed E-state index contributed by atoms with van der Waals surface area (Å²) >= 11 is 0. The summed E-state index contributed by atoms with van der Waals surface area (Å²) in [7, 11) is 0. The highest BCUT2D eigenvalue weighted by Gasteiger charge is 2.47. The van der Waals surface area contributed by atoms with E-state index in [0.717, 1.165) is 11.4 Å². The van der Waals surface area contributed by atoms with Crippen molar-refractivity contribution in [1.29, 1.82) is 0 Å². The van der Waals surface area contributed by atoms with Crippen LogP contribution < -0.4 is 5.32 Å². The predicted molar refractivity (Wildman–Crippen MR) is 109 cm³/mol. The summed E-state index contributed by atoms with van der Waals surface area (Å²) in [6, 6.07) is 11.3. The van der Waals surface area contributed by atoms with E-state index < -0.39 is 11.7 Å². The molecule has 0 aliphatic carbocycles. The Morgan fingerprint density at radius 2 is 1.94 bits per heavy atom. The first-order valence-corrected chi connectivity index (χ1v) is 10.4. The zero-order valence-corrected chi connectivity index (χ0v) is 16.9. The number of hydrogen-bond donors (Lipinski definition) is 1. The van der Waals surface area contributed by atoms with Crippen LogP contribution in [0, 0.1) is 0 Å². The molecule has 31 heavy (non-hydrogen) atoms. The Labute approximate surface area is 179 Å². The lowest BCUT2D eigenvalue weighted by Crippen LogP contribution is -2.54. The van der Waals surface area contributed by atoms with Crippen LogP contribution in [-0.2, 0) is 28.2 Å². The third-order valence-corrected chi connectivity index (χ3v) is 5.96. The minimum atomic E-state index is -0.700.